The Labute approximate surface area is 137 Å². The van der Waals surface area contributed by atoms with E-state index < -0.39 is 9.85 Å². The largest absolute Gasteiger partial charge is 0.325 e. The molecule has 0 radical (unpaired) electrons. The molecule has 0 unspecified atom stereocenters. The lowest BCUT2D eigenvalue weighted by atomic mass is 10.0. The Bertz CT molecular complexity index is 800. The molecule has 0 atom stereocenters. The fourth-order valence-electron chi connectivity index (χ4n) is 2.04. The van der Waals surface area contributed by atoms with Gasteiger partial charge < -0.3 is 5.32 Å². The van der Waals surface area contributed by atoms with Gasteiger partial charge in [0, 0.05) is 35.7 Å². The molecule has 0 spiro atoms. The third-order valence-electron chi connectivity index (χ3n) is 3.39. The number of nitrogens with one attached hydrogen (secondary N) is 1. The Kier molecular flexibility index (Phi) is 4.88. The van der Waals surface area contributed by atoms with Gasteiger partial charge in [-0.05, 0) is 23.8 Å². The van der Waals surface area contributed by atoms with Gasteiger partial charge in [-0.2, -0.15) is 0 Å². The van der Waals surface area contributed by atoms with E-state index in [1.807, 2.05) is 0 Å². The summed E-state index contributed by atoms with van der Waals surface area (Å²) in [5.74, 6) is -0.576. The number of amides is 1. The zero-order valence-electron chi connectivity index (χ0n) is 13.1. The summed E-state index contributed by atoms with van der Waals surface area (Å²) in [4.78, 5) is 32.6. The molecule has 0 aromatic heterocycles. The van der Waals surface area contributed by atoms with Crippen molar-refractivity contribution < 1.29 is 14.6 Å². The molecule has 2 aromatic carbocycles. The van der Waals surface area contributed by atoms with Crippen molar-refractivity contribution in [3.05, 3.63) is 62.7 Å². The fraction of sp³-hybridized carbons (Fsp3) is 0.188. The number of nitro benzene ring substituents is 2. The van der Waals surface area contributed by atoms with Gasteiger partial charge >= 0.3 is 0 Å². The molecule has 1 N–H and O–H groups in total. The lowest BCUT2D eigenvalue weighted by Crippen LogP contribution is -2.18. The second-order valence-corrected chi connectivity index (χ2v) is 5.43. The van der Waals surface area contributed by atoms with Gasteiger partial charge in [0.2, 0.25) is 5.91 Å². The summed E-state index contributed by atoms with van der Waals surface area (Å²) in [6, 6.07) is 9.85. The second kappa shape index (κ2) is 6.86. The predicted octanol–water partition coefficient (Wildman–Crippen LogP) is 3.76. The summed E-state index contributed by atoms with van der Waals surface area (Å²) in [6.07, 6.45) is 0. The van der Waals surface area contributed by atoms with E-state index in [2.05, 4.69) is 5.32 Å². The van der Waals surface area contributed by atoms with Crippen molar-refractivity contribution in [2.75, 3.05) is 5.32 Å². The number of hydrogen-bond donors (Lipinski definition) is 1. The predicted molar refractivity (Wildman–Crippen MR) is 88.7 cm³/mol. The number of nitrogens with zero attached hydrogens (tertiary/aromatic N) is 2. The van der Waals surface area contributed by atoms with Crippen molar-refractivity contribution in [2.24, 2.45) is 5.92 Å². The van der Waals surface area contributed by atoms with Crippen molar-refractivity contribution in [3.63, 3.8) is 0 Å². The third-order valence-corrected chi connectivity index (χ3v) is 3.39. The van der Waals surface area contributed by atoms with Crippen LogP contribution in [0.5, 0.6) is 0 Å². The molecule has 0 saturated heterocycles. The molecule has 24 heavy (non-hydrogen) atoms. The molecule has 8 nitrogen and oxygen atoms in total. The molecule has 0 bridgehead atoms. The molecule has 2 rings (SSSR count). The zero-order valence-corrected chi connectivity index (χ0v) is 13.1. The highest BCUT2D eigenvalue weighted by atomic mass is 16.6. The van der Waals surface area contributed by atoms with E-state index in [1.165, 1.54) is 42.5 Å². The first kappa shape index (κ1) is 17.1. The number of benzene rings is 2. The molecule has 0 aliphatic rings. The van der Waals surface area contributed by atoms with E-state index in [1.54, 1.807) is 13.8 Å². The van der Waals surface area contributed by atoms with Crippen molar-refractivity contribution in [3.8, 4) is 11.1 Å². The molecule has 2 aromatic rings. The maximum absolute atomic E-state index is 12.0. The summed E-state index contributed by atoms with van der Waals surface area (Å²) in [5.41, 5.74) is 1.23. The second-order valence-electron chi connectivity index (χ2n) is 5.43. The van der Waals surface area contributed by atoms with Crippen LogP contribution in [0.15, 0.2) is 42.5 Å². The summed E-state index contributed by atoms with van der Waals surface area (Å²) in [6.45, 7) is 3.41. The topological polar surface area (TPSA) is 115 Å². The lowest BCUT2D eigenvalue weighted by molar-refractivity contribution is -0.385. The first-order valence-corrected chi connectivity index (χ1v) is 7.13. The molecule has 0 aliphatic carbocycles. The maximum Gasteiger partial charge on any atom is 0.271 e. The van der Waals surface area contributed by atoms with Crippen LogP contribution < -0.4 is 5.32 Å². The number of nitro groups is 2. The van der Waals surface area contributed by atoms with E-state index in [9.17, 15) is 25.0 Å². The van der Waals surface area contributed by atoms with Crippen LogP contribution in [0.25, 0.3) is 11.1 Å². The fourth-order valence-corrected chi connectivity index (χ4v) is 2.04. The quantitative estimate of drug-likeness (QED) is 0.662. The molecular formula is C16H15N3O5. The van der Waals surface area contributed by atoms with Crippen molar-refractivity contribution in [2.45, 2.75) is 13.8 Å². The van der Waals surface area contributed by atoms with Crippen LogP contribution in [0.3, 0.4) is 0 Å². The Hall–Kier alpha value is -3.29. The number of carbonyl (C=O) groups excluding carboxylic acids is 1. The van der Waals surface area contributed by atoms with E-state index in [4.69, 9.17) is 0 Å². The van der Waals surface area contributed by atoms with Crippen LogP contribution in [-0.4, -0.2) is 15.8 Å². The van der Waals surface area contributed by atoms with Gasteiger partial charge in [0.05, 0.1) is 15.5 Å². The van der Waals surface area contributed by atoms with Crippen molar-refractivity contribution >= 4 is 23.0 Å². The normalized spacial score (nSPS) is 10.5. The average molecular weight is 329 g/mol. The minimum Gasteiger partial charge on any atom is -0.325 e. The van der Waals surface area contributed by atoms with Crippen molar-refractivity contribution in [1.29, 1.82) is 0 Å². The molecule has 0 fully saturated rings. The SMILES string of the molecule is CC(C)C(=O)Nc1cc([N+](=O)[O-])ccc1-c1ccc([N+](=O)[O-])cc1. The number of rotatable bonds is 5. The Morgan fingerprint density at radius 3 is 2.00 bits per heavy atom. The van der Waals surface area contributed by atoms with Gasteiger partial charge in [-0.1, -0.05) is 13.8 Å². The molecule has 124 valence electrons. The maximum atomic E-state index is 12.0. The smallest absolute Gasteiger partial charge is 0.271 e. The Morgan fingerprint density at radius 2 is 1.50 bits per heavy atom. The minimum atomic E-state index is -0.551. The Balaban J connectivity index is 2.49. The van der Waals surface area contributed by atoms with Crippen LogP contribution in [-0.2, 0) is 4.79 Å². The number of non-ortho nitro benzene ring substituents is 2. The Morgan fingerprint density at radius 1 is 0.958 bits per heavy atom. The average Bonchev–Trinajstić information content (AvgIpc) is 2.54. The summed E-state index contributed by atoms with van der Waals surface area (Å²) < 4.78 is 0. The highest BCUT2D eigenvalue weighted by Crippen LogP contribution is 2.32. The van der Waals surface area contributed by atoms with Gasteiger partial charge in [0.25, 0.3) is 11.4 Å². The third kappa shape index (κ3) is 3.72. The van der Waals surface area contributed by atoms with Crippen LogP contribution in [0, 0.1) is 26.1 Å². The first-order valence-electron chi connectivity index (χ1n) is 7.13. The summed E-state index contributed by atoms with van der Waals surface area (Å²) in [5, 5.41) is 24.4. The standard InChI is InChI=1S/C16H15N3O5/c1-10(2)16(20)17-15-9-13(19(23)24)7-8-14(15)11-3-5-12(6-4-11)18(21)22/h3-10H,1-2H3,(H,17,20). The van der Waals surface area contributed by atoms with E-state index in [0.29, 0.717) is 11.1 Å². The highest BCUT2D eigenvalue weighted by molar-refractivity contribution is 5.97. The van der Waals surface area contributed by atoms with Gasteiger partial charge in [0.15, 0.2) is 0 Å². The number of hydrogen-bond acceptors (Lipinski definition) is 5. The highest BCUT2D eigenvalue weighted by Gasteiger charge is 2.16. The summed E-state index contributed by atoms with van der Waals surface area (Å²) >= 11 is 0. The zero-order chi connectivity index (χ0) is 17.9. The van der Waals surface area contributed by atoms with Gasteiger partial charge in [-0.3, -0.25) is 25.0 Å². The van der Waals surface area contributed by atoms with Crippen LogP contribution in [0.4, 0.5) is 17.1 Å². The van der Waals surface area contributed by atoms with Crippen LogP contribution in [0.2, 0.25) is 0 Å². The minimum absolute atomic E-state index is 0.0616. The summed E-state index contributed by atoms with van der Waals surface area (Å²) in [7, 11) is 0. The molecular weight excluding hydrogens is 314 g/mol. The van der Waals surface area contributed by atoms with E-state index in [-0.39, 0.29) is 28.9 Å². The number of anilines is 1. The monoisotopic (exact) mass is 329 g/mol. The first-order chi connectivity index (χ1) is 11.3. The molecule has 0 aliphatic heterocycles. The molecule has 0 saturated carbocycles. The van der Waals surface area contributed by atoms with Gasteiger partial charge in [0.1, 0.15) is 0 Å². The van der Waals surface area contributed by atoms with E-state index in [0.717, 1.165) is 0 Å². The van der Waals surface area contributed by atoms with Gasteiger partial charge in [-0.15, -0.1) is 0 Å². The van der Waals surface area contributed by atoms with Crippen LogP contribution >= 0.6 is 0 Å². The van der Waals surface area contributed by atoms with Crippen LogP contribution in [0.1, 0.15) is 13.8 Å². The molecule has 1 amide bonds. The molecule has 0 heterocycles. The lowest BCUT2D eigenvalue weighted by Gasteiger charge is -2.13. The van der Waals surface area contributed by atoms with Crippen molar-refractivity contribution in [1.82, 2.24) is 0 Å². The molecule has 8 heteroatoms. The van der Waals surface area contributed by atoms with E-state index >= 15 is 0 Å². The van der Waals surface area contributed by atoms with Gasteiger partial charge in [-0.25, -0.2) is 0 Å². The number of carbonyl (C=O) groups is 1.